The number of nitrogens with zero attached hydrogens (tertiary/aromatic N) is 4. The number of halogens is 3. The molecule has 0 radical (unpaired) electrons. The zero-order valence-electron chi connectivity index (χ0n) is 15.6. The molecular weight excluding hydrogens is 432 g/mol. The molecule has 10 heteroatoms. The molecular formula is C20H16Cl2FN5O2. The van der Waals surface area contributed by atoms with Crippen LogP contribution in [0.5, 0.6) is 11.6 Å². The number of carbonyl (C=O) groups is 1. The molecule has 0 bridgehead atoms. The SMILES string of the molecule is C=CC(=O)N1CCC(Nc2ccc3ncnc(Oc4ccc(Cl)c(Cl)c4F)c3n2)C1. The van der Waals surface area contributed by atoms with Gasteiger partial charge in [0.2, 0.25) is 11.8 Å². The number of nitrogens with one attached hydrogen (secondary N) is 1. The maximum absolute atomic E-state index is 14.4. The summed E-state index contributed by atoms with van der Waals surface area (Å²) in [5.41, 5.74) is 0.880. The van der Waals surface area contributed by atoms with E-state index in [-0.39, 0.29) is 33.6 Å². The molecule has 0 aliphatic carbocycles. The zero-order chi connectivity index (χ0) is 21.3. The number of ether oxygens (including phenoxy) is 1. The van der Waals surface area contributed by atoms with Gasteiger partial charge in [0.25, 0.3) is 0 Å². The first-order valence-corrected chi connectivity index (χ1v) is 9.83. The Bertz CT molecular complexity index is 1140. The van der Waals surface area contributed by atoms with Crippen molar-refractivity contribution in [3.63, 3.8) is 0 Å². The number of carbonyl (C=O) groups excluding carboxylic acids is 1. The molecule has 1 fully saturated rings. The number of hydrogen-bond acceptors (Lipinski definition) is 6. The molecule has 154 valence electrons. The summed E-state index contributed by atoms with van der Waals surface area (Å²) in [7, 11) is 0. The lowest BCUT2D eigenvalue weighted by Crippen LogP contribution is -2.30. The summed E-state index contributed by atoms with van der Waals surface area (Å²) in [4.78, 5) is 26.3. The van der Waals surface area contributed by atoms with Gasteiger partial charge in [0.15, 0.2) is 17.1 Å². The summed E-state index contributed by atoms with van der Waals surface area (Å²) in [5.74, 6) is -0.369. The smallest absolute Gasteiger partial charge is 0.249 e. The molecule has 1 aliphatic heterocycles. The van der Waals surface area contributed by atoms with Crippen LogP contribution in [0.4, 0.5) is 10.2 Å². The fourth-order valence-electron chi connectivity index (χ4n) is 3.18. The van der Waals surface area contributed by atoms with E-state index in [0.29, 0.717) is 29.9 Å². The number of rotatable bonds is 5. The molecule has 0 saturated carbocycles. The minimum atomic E-state index is -0.789. The van der Waals surface area contributed by atoms with Crippen molar-refractivity contribution in [1.29, 1.82) is 0 Å². The van der Waals surface area contributed by atoms with Crippen LogP contribution in [0.15, 0.2) is 43.2 Å². The predicted molar refractivity (Wildman–Crippen MR) is 113 cm³/mol. The molecule has 3 aromatic rings. The topological polar surface area (TPSA) is 80.2 Å². The van der Waals surface area contributed by atoms with E-state index >= 15 is 0 Å². The van der Waals surface area contributed by atoms with E-state index in [2.05, 4.69) is 26.8 Å². The van der Waals surface area contributed by atoms with Gasteiger partial charge in [-0.15, -0.1) is 0 Å². The van der Waals surface area contributed by atoms with Crippen molar-refractivity contribution < 1.29 is 13.9 Å². The molecule has 3 heterocycles. The van der Waals surface area contributed by atoms with Crippen molar-refractivity contribution in [2.75, 3.05) is 18.4 Å². The molecule has 2 aromatic heterocycles. The van der Waals surface area contributed by atoms with Crippen LogP contribution in [-0.4, -0.2) is 44.9 Å². The molecule has 4 rings (SSSR count). The number of fused-ring (bicyclic) bond motifs is 1. The van der Waals surface area contributed by atoms with E-state index in [1.165, 1.54) is 24.5 Å². The molecule has 1 amide bonds. The lowest BCUT2D eigenvalue weighted by atomic mass is 10.2. The Morgan fingerprint density at radius 2 is 2.13 bits per heavy atom. The van der Waals surface area contributed by atoms with Crippen LogP contribution in [-0.2, 0) is 4.79 Å². The minimum Gasteiger partial charge on any atom is -0.434 e. The van der Waals surface area contributed by atoms with Crippen LogP contribution in [0.3, 0.4) is 0 Å². The Labute approximate surface area is 181 Å². The van der Waals surface area contributed by atoms with Crippen molar-refractivity contribution in [1.82, 2.24) is 19.9 Å². The van der Waals surface area contributed by atoms with E-state index in [1.54, 1.807) is 17.0 Å². The molecule has 1 N–H and O–H groups in total. The lowest BCUT2D eigenvalue weighted by molar-refractivity contribution is -0.125. The third-order valence-corrected chi connectivity index (χ3v) is 5.46. The predicted octanol–water partition coefficient (Wildman–Crippen LogP) is 4.46. The molecule has 1 saturated heterocycles. The average Bonchev–Trinajstić information content (AvgIpc) is 3.22. The third kappa shape index (κ3) is 4.01. The quantitative estimate of drug-likeness (QED) is 0.459. The second kappa shape index (κ2) is 8.41. The highest BCUT2D eigenvalue weighted by molar-refractivity contribution is 6.42. The molecule has 0 spiro atoms. The molecule has 1 aromatic carbocycles. The van der Waals surface area contributed by atoms with Crippen LogP contribution >= 0.6 is 23.2 Å². The molecule has 7 nitrogen and oxygen atoms in total. The van der Waals surface area contributed by atoms with Crippen LogP contribution in [0.2, 0.25) is 10.0 Å². The van der Waals surface area contributed by atoms with Gasteiger partial charge in [0.05, 0.1) is 15.6 Å². The van der Waals surface area contributed by atoms with Crippen molar-refractivity contribution in [2.24, 2.45) is 0 Å². The Morgan fingerprint density at radius 3 is 2.93 bits per heavy atom. The second-order valence-corrected chi connectivity index (χ2v) is 7.42. The highest BCUT2D eigenvalue weighted by atomic mass is 35.5. The van der Waals surface area contributed by atoms with Crippen LogP contribution < -0.4 is 10.1 Å². The summed E-state index contributed by atoms with van der Waals surface area (Å²) in [5, 5.41) is 3.15. The zero-order valence-corrected chi connectivity index (χ0v) is 17.1. The summed E-state index contributed by atoms with van der Waals surface area (Å²) in [6.45, 7) is 4.71. The van der Waals surface area contributed by atoms with Crippen LogP contribution in [0.25, 0.3) is 11.0 Å². The van der Waals surface area contributed by atoms with Crippen molar-refractivity contribution in [2.45, 2.75) is 12.5 Å². The van der Waals surface area contributed by atoms with Gasteiger partial charge in [-0.05, 0) is 36.8 Å². The number of likely N-dealkylation sites (tertiary alicyclic amines) is 1. The van der Waals surface area contributed by atoms with Gasteiger partial charge in [-0.2, -0.15) is 4.98 Å². The molecule has 1 unspecified atom stereocenters. The molecule has 1 atom stereocenters. The largest absolute Gasteiger partial charge is 0.434 e. The maximum Gasteiger partial charge on any atom is 0.249 e. The first kappa shape index (κ1) is 20.3. The number of pyridine rings is 1. The van der Waals surface area contributed by atoms with Crippen LogP contribution in [0.1, 0.15) is 6.42 Å². The summed E-state index contributed by atoms with van der Waals surface area (Å²) in [6, 6.07) is 6.37. The minimum absolute atomic E-state index is 0.0420. The van der Waals surface area contributed by atoms with Crippen molar-refractivity contribution in [3.05, 3.63) is 59.1 Å². The maximum atomic E-state index is 14.4. The first-order chi connectivity index (χ1) is 14.5. The number of amides is 1. The Morgan fingerprint density at radius 1 is 1.30 bits per heavy atom. The van der Waals surface area contributed by atoms with E-state index in [4.69, 9.17) is 27.9 Å². The van der Waals surface area contributed by atoms with E-state index < -0.39 is 5.82 Å². The van der Waals surface area contributed by atoms with Gasteiger partial charge in [0, 0.05) is 19.1 Å². The van der Waals surface area contributed by atoms with Gasteiger partial charge in [-0.25, -0.2) is 14.4 Å². The average molecular weight is 448 g/mol. The van der Waals surface area contributed by atoms with E-state index in [0.717, 1.165) is 6.42 Å². The fourth-order valence-corrected chi connectivity index (χ4v) is 3.48. The monoisotopic (exact) mass is 447 g/mol. The van der Waals surface area contributed by atoms with Crippen LogP contribution in [0, 0.1) is 5.82 Å². The van der Waals surface area contributed by atoms with Gasteiger partial charge in [-0.3, -0.25) is 4.79 Å². The molecule has 1 aliphatic rings. The Balaban J connectivity index is 1.59. The standard InChI is InChI=1S/C20H16Cl2FN5O2/c1-2-16(29)28-8-7-11(9-28)26-15-6-4-13-19(27-15)20(25-10-24-13)30-14-5-3-12(21)17(22)18(14)23/h2-6,10-11H,1,7-9H2,(H,26,27). The molecule has 30 heavy (non-hydrogen) atoms. The van der Waals surface area contributed by atoms with Gasteiger partial charge >= 0.3 is 0 Å². The number of aromatic nitrogens is 3. The first-order valence-electron chi connectivity index (χ1n) is 9.07. The lowest BCUT2D eigenvalue weighted by Gasteiger charge is -2.16. The number of hydrogen-bond donors (Lipinski definition) is 1. The summed E-state index contributed by atoms with van der Waals surface area (Å²) in [6.07, 6.45) is 3.39. The van der Waals surface area contributed by atoms with Crippen molar-refractivity contribution >= 4 is 46.0 Å². The highest BCUT2D eigenvalue weighted by Gasteiger charge is 2.25. The fraction of sp³-hybridized carbons (Fsp3) is 0.200. The second-order valence-electron chi connectivity index (χ2n) is 6.64. The normalized spacial score (nSPS) is 16.0. The highest BCUT2D eigenvalue weighted by Crippen LogP contribution is 2.34. The summed E-state index contributed by atoms with van der Waals surface area (Å²) < 4.78 is 20.0. The van der Waals surface area contributed by atoms with Gasteiger partial charge < -0.3 is 15.0 Å². The third-order valence-electron chi connectivity index (χ3n) is 4.68. The van der Waals surface area contributed by atoms with Gasteiger partial charge in [-0.1, -0.05) is 29.8 Å². The number of benzene rings is 1. The van der Waals surface area contributed by atoms with Crippen molar-refractivity contribution in [3.8, 4) is 11.6 Å². The van der Waals surface area contributed by atoms with E-state index in [9.17, 15) is 9.18 Å². The number of anilines is 1. The Hall–Kier alpha value is -2.97. The Kier molecular flexibility index (Phi) is 5.69. The summed E-state index contributed by atoms with van der Waals surface area (Å²) >= 11 is 11.7. The van der Waals surface area contributed by atoms with Gasteiger partial charge in [0.1, 0.15) is 12.1 Å². The van der Waals surface area contributed by atoms with E-state index in [1.807, 2.05) is 0 Å².